The highest BCUT2D eigenvalue weighted by atomic mass is 16.4. The molecular weight excluding hydrogens is 534 g/mol. The number of hydrogen-bond acceptors (Lipinski definition) is 7. The van der Waals surface area contributed by atoms with Crippen molar-refractivity contribution in [3.8, 4) is 0 Å². The third-order valence-corrected chi connectivity index (χ3v) is 5.91. The van der Waals surface area contributed by atoms with E-state index >= 15 is 0 Å². The third-order valence-electron chi connectivity index (χ3n) is 5.91. The molecule has 15 heteroatoms. The van der Waals surface area contributed by atoms with Crippen molar-refractivity contribution in [3.05, 3.63) is 18.2 Å². The number of imidazole rings is 1. The highest BCUT2D eigenvalue weighted by Gasteiger charge is 2.32. The molecule has 0 saturated carbocycles. The lowest BCUT2D eigenvalue weighted by molar-refractivity contribution is -0.142. The average Bonchev–Trinajstić information content (AvgIpc) is 3.36. The van der Waals surface area contributed by atoms with Crippen LogP contribution in [0.2, 0.25) is 0 Å². The Labute approximate surface area is 240 Å². The molecule has 0 spiro atoms. The summed E-state index contributed by atoms with van der Waals surface area (Å²) in [4.78, 5) is 73.9. The van der Waals surface area contributed by atoms with Gasteiger partial charge in [-0.25, -0.2) is 9.78 Å². The molecule has 0 saturated heterocycles. The number of aliphatic imine (C=N–C) groups is 1. The van der Waals surface area contributed by atoms with Gasteiger partial charge < -0.3 is 42.8 Å². The summed E-state index contributed by atoms with van der Waals surface area (Å²) in [6.07, 6.45) is 3.98. The van der Waals surface area contributed by atoms with E-state index in [4.69, 9.17) is 11.5 Å². The Kier molecular flexibility index (Phi) is 14.9. The van der Waals surface area contributed by atoms with Crippen LogP contribution in [-0.4, -0.2) is 81.3 Å². The van der Waals surface area contributed by atoms with Crippen LogP contribution in [0.15, 0.2) is 17.5 Å². The Morgan fingerprint density at radius 3 is 1.80 bits per heavy atom. The van der Waals surface area contributed by atoms with Crippen molar-refractivity contribution in [2.75, 3.05) is 6.54 Å². The van der Waals surface area contributed by atoms with Gasteiger partial charge in [0, 0.05) is 31.8 Å². The van der Waals surface area contributed by atoms with E-state index in [1.165, 1.54) is 19.4 Å². The number of H-pyrrole nitrogens is 1. The first-order valence-corrected chi connectivity index (χ1v) is 13.6. The zero-order valence-corrected chi connectivity index (χ0v) is 24.4. The fourth-order valence-corrected chi connectivity index (χ4v) is 4.05. The first-order chi connectivity index (χ1) is 19.2. The molecule has 230 valence electrons. The van der Waals surface area contributed by atoms with E-state index in [1.807, 2.05) is 27.7 Å². The number of guanidine groups is 1. The Morgan fingerprint density at radius 1 is 0.878 bits per heavy atom. The summed E-state index contributed by atoms with van der Waals surface area (Å²) in [6.45, 7) is 8.95. The van der Waals surface area contributed by atoms with Gasteiger partial charge in [0.2, 0.25) is 23.6 Å². The van der Waals surface area contributed by atoms with E-state index in [0.717, 1.165) is 0 Å². The molecule has 1 aromatic rings. The van der Waals surface area contributed by atoms with Crippen LogP contribution < -0.4 is 32.7 Å². The zero-order chi connectivity index (χ0) is 31.1. The van der Waals surface area contributed by atoms with Gasteiger partial charge in [-0.2, -0.15) is 0 Å². The Bertz CT molecular complexity index is 1040. The molecule has 1 aromatic heterocycles. The number of nitrogens with two attached hydrogens (primary N) is 2. The predicted molar refractivity (Wildman–Crippen MR) is 152 cm³/mol. The number of carbonyl (C=O) groups is 5. The second-order valence-corrected chi connectivity index (χ2v) is 10.8. The molecule has 41 heavy (non-hydrogen) atoms. The van der Waals surface area contributed by atoms with Crippen molar-refractivity contribution in [2.24, 2.45) is 28.3 Å². The number of aromatic nitrogens is 2. The van der Waals surface area contributed by atoms with Crippen molar-refractivity contribution in [2.45, 2.75) is 90.9 Å². The van der Waals surface area contributed by atoms with Gasteiger partial charge in [-0.15, -0.1) is 0 Å². The zero-order valence-electron chi connectivity index (χ0n) is 24.4. The van der Waals surface area contributed by atoms with Crippen LogP contribution in [0.4, 0.5) is 0 Å². The fraction of sp³-hybridized carbons (Fsp3) is 0.654. The molecular formula is C26H45N9O6. The molecule has 1 heterocycles. The molecule has 0 aliphatic carbocycles. The fourth-order valence-electron chi connectivity index (χ4n) is 4.05. The number of hydrogen-bond donors (Lipinski definition) is 8. The van der Waals surface area contributed by atoms with E-state index in [0.29, 0.717) is 12.1 Å². The largest absolute Gasteiger partial charge is 0.480 e. The van der Waals surface area contributed by atoms with E-state index in [1.54, 1.807) is 0 Å². The Morgan fingerprint density at radius 2 is 1.39 bits per heavy atom. The number of carboxylic acid groups (broad SMARTS) is 1. The molecule has 0 aromatic carbocycles. The van der Waals surface area contributed by atoms with Crippen molar-refractivity contribution in [3.63, 3.8) is 0 Å². The van der Waals surface area contributed by atoms with Gasteiger partial charge in [-0.1, -0.05) is 27.7 Å². The topological polar surface area (TPSA) is 247 Å². The maximum absolute atomic E-state index is 13.4. The highest BCUT2D eigenvalue weighted by Crippen LogP contribution is 2.11. The smallest absolute Gasteiger partial charge is 0.326 e. The van der Waals surface area contributed by atoms with Crippen LogP contribution in [0, 0.1) is 11.8 Å². The maximum Gasteiger partial charge on any atom is 0.326 e. The van der Waals surface area contributed by atoms with Crippen molar-refractivity contribution in [1.82, 2.24) is 31.2 Å². The van der Waals surface area contributed by atoms with Gasteiger partial charge >= 0.3 is 5.97 Å². The number of amides is 4. The normalized spacial score (nSPS) is 13.9. The van der Waals surface area contributed by atoms with E-state index < -0.39 is 53.8 Å². The first kappa shape index (κ1) is 34.9. The third kappa shape index (κ3) is 14.2. The van der Waals surface area contributed by atoms with Crippen LogP contribution in [0.5, 0.6) is 0 Å². The molecule has 0 fully saturated rings. The number of aliphatic carboxylic acids is 1. The minimum Gasteiger partial charge on any atom is -0.480 e. The number of rotatable bonds is 18. The van der Waals surface area contributed by atoms with Gasteiger partial charge in [0.25, 0.3) is 0 Å². The molecule has 4 amide bonds. The summed E-state index contributed by atoms with van der Waals surface area (Å²) >= 11 is 0. The summed E-state index contributed by atoms with van der Waals surface area (Å²) in [5.41, 5.74) is 11.2. The monoisotopic (exact) mass is 579 g/mol. The minimum atomic E-state index is -1.23. The van der Waals surface area contributed by atoms with Gasteiger partial charge in [0.1, 0.15) is 24.2 Å². The summed E-state index contributed by atoms with van der Waals surface area (Å²) < 4.78 is 0. The molecule has 0 radical (unpaired) electrons. The molecule has 0 aliphatic rings. The number of aromatic amines is 1. The van der Waals surface area contributed by atoms with Crippen LogP contribution in [0.1, 0.15) is 66.0 Å². The van der Waals surface area contributed by atoms with Crippen molar-refractivity contribution in [1.29, 1.82) is 0 Å². The van der Waals surface area contributed by atoms with Crippen molar-refractivity contribution < 1.29 is 29.1 Å². The summed E-state index contributed by atoms with van der Waals surface area (Å²) in [7, 11) is 0. The molecule has 0 aliphatic heterocycles. The average molecular weight is 580 g/mol. The van der Waals surface area contributed by atoms with Gasteiger partial charge in [0.15, 0.2) is 5.96 Å². The molecule has 0 bridgehead atoms. The molecule has 4 atom stereocenters. The van der Waals surface area contributed by atoms with Crippen molar-refractivity contribution >= 4 is 35.6 Å². The predicted octanol–water partition coefficient (Wildman–Crippen LogP) is -0.858. The van der Waals surface area contributed by atoms with Gasteiger partial charge in [-0.05, 0) is 37.5 Å². The van der Waals surface area contributed by atoms with Crippen LogP contribution in [0.3, 0.4) is 0 Å². The first-order valence-electron chi connectivity index (χ1n) is 13.6. The quantitative estimate of drug-likeness (QED) is 0.0611. The minimum absolute atomic E-state index is 0.00291. The standard InChI is InChI=1S/C26H45N9O6/c1-14(2)9-19(22(37)33-18(25(40)41)7-6-8-30-26(27)28)34-23(38)20(10-15(3)4)35-24(39)21(32-16(5)36)11-17-12-29-13-31-17/h12-15,18-21H,6-11H2,1-5H3,(H,29,31)(H,32,36)(H,33,37)(H,34,38)(H,35,39)(H,40,41)(H4,27,28,30)/t18-,19-,20-,21-/m0/s1. The molecule has 10 N–H and O–H groups in total. The summed E-state index contributed by atoms with van der Waals surface area (Å²) in [5.74, 6) is -3.63. The summed E-state index contributed by atoms with van der Waals surface area (Å²) in [6, 6.07) is -4.25. The highest BCUT2D eigenvalue weighted by molar-refractivity contribution is 5.95. The van der Waals surface area contributed by atoms with Crippen LogP contribution >= 0.6 is 0 Å². The SMILES string of the molecule is CC(=O)N[C@@H](Cc1cnc[nH]1)C(=O)N[C@@H](CC(C)C)C(=O)N[C@@H](CC(C)C)C(=O)N[C@@H](CCCN=C(N)N)C(=O)O. The van der Waals surface area contributed by atoms with Gasteiger partial charge in [0.05, 0.1) is 6.33 Å². The maximum atomic E-state index is 13.4. The van der Waals surface area contributed by atoms with E-state index in [-0.39, 0.29) is 50.0 Å². The number of nitrogens with zero attached hydrogens (tertiary/aromatic N) is 2. The number of carboxylic acids is 1. The van der Waals surface area contributed by atoms with E-state index in [2.05, 4.69) is 36.2 Å². The molecule has 1 rings (SSSR count). The Balaban J connectivity index is 3.04. The van der Waals surface area contributed by atoms with Gasteiger partial charge in [-0.3, -0.25) is 24.2 Å². The summed E-state index contributed by atoms with van der Waals surface area (Å²) in [5, 5.41) is 20.1. The molecule has 0 unspecified atom stereocenters. The lowest BCUT2D eigenvalue weighted by atomic mass is 9.99. The van der Waals surface area contributed by atoms with E-state index in [9.17, 15) is 29.1 Å². The Hall–Kier alpha value is -4.17. The number of carbonyl (C=O) groups excluding carboxylic acids is 4. The lowest BCUT2D eigenvalue weighted by Gasteiger charge is -2.27. The van der Waals surface area contributed by atoms with Crippen LogP contribution in [0.25, 0.3) is 0 Å². The second kappa shape index (κ2) is 17.5. The lowest BCUT2D eigenvalue weighted by Crippen LogP contribution is -2.58. The second-order valence-electron chi connectivity index (χ2n) is 10.8. The number of nitrogens with one attached hydrogen (secondary N) is 5. The van der Waals surface area contributed by atoms with Crippen LogP contribution in [-0.2, 0) is 30.4 Å². The molecule has 15 nitrogen and oxygen atoms in total.